The third-order valence-electron chi connectivity index (χ3n) is 4.53. The fraction of sp³-hybridized carbons (Fsp3) is 0.348. The van der Waals surface area contributed by atoms with Crippen molar-refractivity contribution in [2.75, 3.05) is 13.7 Å². The molecular formula is C23H26N2O5. The van der Waals surface area contributed by atoms with Crippen molar-refractivity contribution < 1.29 is 23.4 Å². The van der Waals surface area contributed by atoms with Gasteiger partial charge < -0.3 is 18.6 Å². The minimum absolute atomic E-state index is 0.227. The van der Waals surface area contributed by atoms with Gasteiger partial charge in [-0.25, -0.2) is 4.79 Å². The molecule has 0 aliphatic rings. The van der Waals surface area contributed by atoms with Crippen molar-refractivity contribution in [1.29, 1.82) is 0 Å². The van der Waals surface area contributed by atoms with Crippen LogP contribution in [0.2, 0.25) is 0 Å². The molecule has 0 N–H and O–H groups in total. The zero-order valence-corrected chi connectivity index (χ0v) is 17.7. The number of unbranched alkanes of at least 4 members (excludes halogenated alkanes) is 1. The number of hydrogen-bond donors (Lipinski definition) is 0. The Bertz CT molecular complexity index is 982. The van der Waals surface area contributed by atoms with Crippen LogP contribution in [0, 0.1) is 6.92 Å². The van der Waals surface area contributed by atoms with E-state index in [1.807, 2.05) is 31.2 Å². The van der Waals surface area contributed by atoms with Crippen LogP contribution in [-0.2, 0) is 4.74 Å². The number of esters is 1. The van der Waals surface area contributed by atoms with Crippen molar-refractivity contribution in [3.8, 4) is 23.0 Å². The van der Waals surface area contributed by atoms with Crippen molar-refractivity contribution >= 4 is 5.97 Å². The third-order valence-corrected chi connectivity index (χ3v) is 4.53. The van der Waals surface area contributed by atoms with Gasteiger partial charge in [0.2, 0.25) is 5.89 Å². The number of hydrogen-bond acceptors (Lipinski definition) is 7. The summed E-state index contributed by atoms with van der Waals surface area (Å²) in [4.78, 5) is 12.6. The lowest BCUT2D eigenvalue weighted by molar-refractivity contribution is 0.0279. The molecule has 7 nitrogen and oxygen atoms in total. The normalized spacial score (nSPS) is 11.7. The van der Waals surface area contributed by atoms with Crippen LogP contribution in [0.4, 0.5) is 0 Å². The van der Waals surface area contributed by atoms with Crippen LogP contribution in [0.3, 0.4) is 0 Å². The number of carbonyl (C=O) groups excluding carboxylic acids is 1. The number of carbonyl (C=O) groups is 1. The molecule has 0 bridgehead atoms. The van der Waals surface area contributed by atoms with Gasteiger partial charge in [0.15, 0.2) is 17.6 Å². The quantitative estimate of drug-likeness (QED) is 0.356. The van der Waals surface area contributed by atoms with Gasteiger partial charge in [0.1, 0.15) is 0 Å². The second kappa shape index (κ2) is 9.91. The highest BCUT2D eigenvalue weighted by Crippen LogP contribution is 2.29. The average Bonchev–Trinajstić information content (AvgIpc) is 3.25. The highest BCUT2D eigenvalue weighted by Gasteiger charge is 2.21. The largest absolute Gasteiger partial charge is 0.493 e. The number of ether oxygens (including phenoxy) is 3. The summed E-state index contributed by atoms with van der Waals surface area (Å²) in [7, 11) is 1.53. The molecule has 0 saturated carbocycles. The standard InChI is InChI=1S/C23H26N2O5/c1-5-6-13-28-19-12-11-18(14-20(19)27-4)23(26)29-16(3)21-24-25-22(30-21)17-9-7-15(2)8-10-17/h7-12,14,16H,5-6,13H2,1-4H3/t16-/m0/s1. The minimum atomic E-state index is -0.698. The van der Waals surface area contributed by atoms with E-state index in [-0.39, 0.29) is 5.89 Å². The monoisotopic (exact) mass is 410 g/mol. The van der Waals surface area contributed by atoms with E-state index in [0.717, 1.165) is 24.0 Å². The van der Waals surface area contributed by atoms with E-state index in [1.165, 1.54) is 7.11 Å². The van der Waals surface area contributed by atoms with Crippen LogP contribution in [0.1, 0.15) is 54.6 Å². The number of aryl methyl sites for hydroxylation is 1. The highest BCUT2D eigenvalue weighted by atomic mass is 16.6. The molecule has 0 unspecified atom stereocenters. The summed E-state index contributed by atoms with van der Waals surface area (Å²) in [5.74, 6) is 1.16. The SMILES string of the molecule is CCCCOc1ccc(C(=O)O[C@@H](C)c2nnc(-c3ccc(C)cc3)o2)cc1OC. The van der Waals surface area contributed by atoms with E-state index in [1.54, 1.807) is 25.1 Å². The molecule has 0 fully saturated rings. The molecule has 3 rings (SSSR count). The summed E-state index contributed by atoms with van der Waals surface area (Å²) in [5, 5.41) is 8.06. The molecule has 7 heteroatoms. The van der Waals surface area contributed by atoms with Gasteiger partial charge in [-0.1, -0.05) is 31.0 Å². The fourth-order valence-electron chi connectivity index (χ4n) is 2.73. The first-order valence-electron chi connectivity index (χ1n) is 9.94. The van der Waals surface area contributed by atoms with Crippen molar-refractivity contribution in [1.82, 2.24) is 10.2 Å². The molecule has 1 aromatic heterocycles. The van der Waals surface area contributed by atoms with Crippen LogP contribution >= 0.6 is 0 Å². The topological polar surface area (TPSA) is 83.7 Å². The Morgan fingerprint density at radius 1 is 1.10 bits per heavy atom. The molecule has 2 aromatic carbocycles. The lowest BCUT2D eigenvalue weighted by Crippen LogP contribution is -2.10. The Hall–Kier alpha value is -3.35. The van der Waals surface area contributed by atoms with Gasteiger partial charge in [-0.2, -0.15) is 0 Å². The van der Waals surface area contributed by atoms with E-state index in [2.05, 4.69) is 17.1 Å². The minimum Gasteiger partial charge on any atom is -0.493 e. The number of rotatable bonds is 9. The molecule has 0 amide bonds. The predicted octanol–water partition coefficient (Wildman–Crippen LogP) is 5.15. The van der Waals surface area contributed by atoms with E-state index >= 15 is 0 Å². The maximum absolute atomic E-state index is 12.6. The molecule has 0 spiro atoms. The van der Waals surface area contributed by atoms with E-state index in [9.17, 15) is 4.79 Å². The second-order valence-electron chi connectivity index (χ2n) is 6.93. The summed E-state index contributed by atoms with van der Waals surface area (Å²) < 4.78 is 22.2. The van der Waals surface area contributed by atoms with E-state index in [0.29, 0.717) is 29.6 Å². The summed E-state index contributed by atoms with van der Waals surface area (Å²) in [6, 6.07) is 12.7. The van der Waals surface area contributed by atoms with Crippen LogP contribution < -0.4 is 9.47 Å². The molecule has 158 valence electrons. The Balaban J connectivity index is 1.67. The van der Waals surface area contributed by atoms with Gasteiger partial charge in [0.05, 0.1) is 19.3 Å². The van der Waals surface area contributed by atoms with Crippen LogP contribution in [0.15, 0.2) is 46.9 Å². The first-order chi connectivity index (χ1) is 14.5. The van der Waals surface area contributed by atoms with Crippen molar-refractivity contribution in [3.63, 3.8) is 0 Å². The number of aromatic nitrogens is 2. The third kappa shape index (κ3) is 5.17. The molecule has 1 heterocycles. The molecule has 1 atom stereocenters. The first kappa shape index (κ1) is 21.4. The van der Waals surface area contributed by atoms with Gasteiger partial charge in [-0.3, -0.25) is 0 Å². The zero-order valence-electron chi connectivity index (χ0n) is 17.7. The van der Waals surface area contributed by atoms with Gasteiger partial charge in [0, 0.05) is 5.56 Å². The highest BCUT2D eigenvalue weighted by molar-refractivity contribution is 5.90. The number of methoxy groups -OCH3 is 1. The Morgan fingerprint density at radius 2 is 1.87 bits per heavy atom. The molecule has 30 heavy (non-hydrogen) atoms. The van der Waals surface area contributed by atoms with Gasteiger partial charge in [-0.05, 0) is 50.6 Å². The molecular weight excluding hydrogens is 384 g/mol. The van der Waals surface area contributed by atoms with Crippen LogP contribution in [0.5, 0.6) is 11.5 Å². The Kier molecular flexibility index (Phi) is 7.06. The maximum atomic E-state index is 12.6. The Labute approximate surface area is 176 Å². The predicted molar refractivity (Wildman–Crippen MR) is 112 cm³/mol. The summed E-state index contributed by atoms with van der Waals surface area (Å²) in [5.41, 5.74) is 2.29. The van der Waals surface area contributed by atoms with Crippen molar-refractivity contribution in [2.24, 2.45) is 0 Å². The average molecular weight is 410 g/mol. The second-order valence-corrected chi connectivity index (χ2v) is 6.93. The van der Waals surface area contributed by atoms with Gasteiger partial charge >= 0.3 is 5.97 Å². The zero-order chi connectivity index (χ0) is 21.5. The number of benzene rings is 2. The molecule has 0 radical (unpaired) electrons. The first-order valence-corrected chi connectivity index (χ1v) is 9.94. The fourth-order valence-corrected chi connectivity index (χ4v) is 2.73. The lowest BCUT2D eigenvalue weighted by Gasteiger charge is -2.13. The molecule has 0 saturated heterocycles. The lowest BCUT2D eigenvalue weighted by atomic mass is 10.1. The molecule has 0 aliphatic carbocycles. The molecule has 3 aromatic rings. The van der Waals surface area contributed by atoms with Crippen LogP contribution in [0.25, 0.3) is 11.5 Å². The van der Waals surface area contributed by atoms with Gasteiger partial charge in [-0.15, -0.1) is 10.2 Å². The summed E-state index contributed by atoms with van der Waals surface area (Å²) in [6.07, 6.45) is 1.28. The van der Waals surface area contributed by atoms with E-state index < -0.39 is 12.1 Å². The number of nitrogens with zero attached hydrogens (tertiary/aromatic N) is 2. The summed E-state index contributed by atoms with van der Waals surface area (Å²) in [6.45, 7) is 6.37. The Morgan fingerprint density at radius 3 is 2.57 bits per heavy atom. The summed E-state index contributed by atoms with van der Waals surface area (Å²) >= 11 is 0. The van der Waals surface area contributed by atoms with Gasteiger partial charge in [0.25, 0.3) is 5.89 Å². The molecule has 0 aliphatic heterocycles. The smallest absolute Gasteiger partial charge is 0.339 e. The van der Waals surface area contributed by atoms with E-state index in [4.69, 9.17) is 18.6 Å². The van der Waals surface area contributed by atoms with Crippen LogP contribution in [-0.4, -0.2) is 29.9 Å². The maximum Gasteiger partial charge on any atom is 0.339 e. The van der Waals surface area contributed by atoms with Crippen molar-refractivity contribution in [2.45, 2.75) is 39.7 Å². The van der Waals surface area contributed by atoms with Crippen molar-refractivity contribution in [3.05, 3.63) is 59.5 Å².